The highest BCUT2D eigenvalue weighted by molar-refractivity contribution is 6.31. The lowest BCUT2D eigenvalue weighted by Gasteiger charge is -2.32. The van der Waals surface area contributed by atoms with Gasteiger partial charge in [0.2, 0.25) is 0 Å². The number of hydrogen-bond acceptors (Lipinski definition) is 5. The molecular formula is C21H16Cl4N4O. The average molecular weight is 482 g/mol. The number of Topliss-reactive ketones (excluding diaryl/α,β-unsaturated/α-hetero) is 1. The molecule has 9 heteroatoms. The predicted octanol–water partition coefficient (Wildman–Crippen LogP) is 6.76. The first kappa shape index (κ1) is 20.4. The molecule has 2 spiro atoms. The van der Waals surface area contributed by atoms with Crippen LogP contribution in [0, 0.1) is 0 Å². The number of rotatable bonds is 2. The molecule has 2 aliphatic heterocycles. The van der Waals surface area contributed by atoms with Gasteiger partial charge < -0.3 is 0 Å². The van der Waals surface area contributed by atoms with Crippen molar-refractivity contribution in [3.05, 3.63) is 69.7 Å². The topological polar surface area (TPSA) is 66.5 Å². The van der Waals surface area contributed by atoms with E-state index in [9.17, 15) is 4.79 Å². The normalized spacial score (nSPS) is 37.1. The van der Waals surface area contributed by atoms with E-state index in [1.165, 1.54) is 0 Å². The smallest absolute Gasteiger partial charge is 0.193 e. The fourth-order valence-corrected chi connectivity index (χ4v) is 6.05. The highest BCUT2D eigenvalue weighted by Crippen LogP contribution is 2.59. The van der Waals surface area contributed by atoms with Crippen LogP contribution >= 0.6 is 46.4 Å². The van der Waals surface area contributed by atoms with Crippen molar-refractivity contribution in [1.29, 1.82) is 0 Å². The number of nitrogens with zero attached hydrogens (tertiary/aromatic N) is 4. The molecule has 6 unspecified atom stereocenters. The molecule has 1 aliphatic carbocycles. The lowest BCUT2D eigenvalue weighted by molar-refractivity contribution is -0.126. The maximum absolute atomic E-state index is 14.1. The van der Waals surface area contributed by atoms with Crippen LogP contribution < -0.4 is 0 Å². The first-order chi connectivity index (χ1) is 14.4. The van der Waals surface area contributed by atoms with Gasteiger partial charge in [-0.25, -0.2) is 0 Å². The molecule has 1 saturated carbocycles. The maximum atomic E-state index is 14.1. The van der Waals surface area contributed by atoms with Gasteiger partial charge in [0.05, 0.1) is 11.8 Å². The zero-order valence-corrected chi connectivity index (χ0v) is 18.6. The summed E-state index contributed by atoms with van der Waals surface area (Å²) >= 11 is 25.2. The first-order valence-electron chi connectivity index (χ1n) is 9.55. The van der Waals surface area contributed by atoms with Gasteiger partial charge in [-0.1, -0.05) is 70.7 Å². The molecule has 0 saturated heterocycles. The molecule has 1 fully saturated rings. The third-order valence-corrected chi connectivity index (χ3v) is 7.59. The zero-order valence-electron chi connectivity index (χ0n) is 15.6. The van der Waals surface area contributed by atoms with Crippen molar-refractivity contribution in [3.63, 3.8) is 0 Å². The van der Waals surface area contributed by atoms with Crippen LogP contribution in [-0.2, 0) is 4.79 Å². The van der Waals surface area contributed by atoms with E-state index >= 15 is 0 Å². The maximum Gasteiger partial charge on any atom is 0.193 e. The summed E-state index contributed by atoms with van der Waals surface area (Å²) in [7, 11) is 0. The Morgan fingerprint density at radius 2 is 1.07 bits per heavy atom. The van der Waals surface area contributed by atoms with Crippen molar-refractivity contribution in [2.45, 2.75) is 46.8 Å². The second-order valence-corrected chi connectivity index (χ2v) is 9.68. The van der Waals surface area contributed by atoms with E-state index in [1.807, 2.05) is 24.3 Å². The lowest BCUT2D eigenvalue weighted by Crippen LogP contribution is -2.48. The summed E-state index contributed by atoms with van der Waals surface area (Å²) in [6, 6.07) is 14.6. The van der Waals surface area contributed by atoms with Gasteiger partial charge >= 0.3 is 0 Å². The van der Waals surface area contributed by atoms with Crippen LogP contribution in [-0.4, -0.2) is 27.9 Å². The number of carbonyl (C=O) groups excluding carboxylic acids is 1. The van der Waals surface area contributed by atoms with Crippen LogP contribution in [0.15, 0.2) is 69.0 Å². The molecule has 0 bridgehead atoms. The van der Waals surface area contributed by atoms with Crippen LogP contribution in [0.4, 0.5) is 0 Å². The second kappa shape index (κ2) is 7.27. The average Bonchev–Trinajstić information content (AvgIpc) is 3.35. The molecule has 154 valence electrons. The molecule has 2 aromatic carbocycles. The second-order valence-electron chi connectivity index (χ2n) is 7.91. The number of carbonyl (C=O) groups is 1. The fraction of sp³-hybridized carbons (Fsp3) is 0.381. The summed E-state index contributed by atoms with van der Waals surface area (Å²) in [6.45, 7) is 0. The summed E-state index contributed by atoms with van der Waals surface area (Å²) < 4.78 is 0. The summed E-state index contributed by atoms with van der Waals surface area (Å²) in [5.41, 5.74) is -1.74. The first-order valence-corrected chi connectivity index (χ1v) is 11.2. The molecule has 5 rings (SSSR count). The van der Waals surface area contributed by atoms with E-state index < -0.39 is 33.9 Å². The number of azo groups is 2. The third kappa shape index (κ3) is 2.86. The fourth-order valence-electron chi connectivity index (χ4n) is 5.01. The minimum atomic E-state index is -1.09. The number of benzene rings is 2. The van der Waals surface area contributed by atoms with Gasteiger partial charge in [0, 0.05) is 10.0 Å². The molecule has 6 atom stereocenters. The SMILES string of the molecule is O=C1C2(CCC13N=NC(Cl)C3c1ccc(Cl)cc1)N=NC(Cl)C2c1ccc(Cl)cc1. The van der Waals surface area contributed by atoms with Crippen molar-refractivity contribution in [2.24, 2.45) is 20.5 Å². The Morgan fingerprint density at radius 3 is 1.43 bits per heavy atom. The highest BCUT2D eigenvalue weighted by atomic mass is 35.5. The molecule has 30 heavy (non-hydrogen) atoms. The van der Waals surface area contributed by atoms with E-state index in [0.717, 1.165) is 11.1 Å². The Hall–Kier alpha value is -1.53. The molecule has 0 amide bonds. The number of ketones is 1. The third-order valence-electron chi connectivity index (χ3n) is 6.40. The van der Waals surface area contributed by atoms with E-state index in [4.69, 9.17) is 46.4 Å². The molecule has 2 aromatic rings. The monoisotopic (exact) mass is 480 g/mol. The van der Waals surface area contributed by atoms with Crippen molar-refractivity contribution in [1.82, 2.24) is 0 Å². The van der Waals surface area contributed by atoms with Crippen molar-refractivity contribution in [3.8, 4) is 0 Å². The highest BCUT2D eigenvalue weighted by Gasteiger charge is 2.69. The van der Waals surface area contributed by atoms with Crippen molar-refractivity contribution >= 4 is 52.2 Å². The van der Waals surface area contributed by atoms with Gasteiger partial charge in [-0.05, 0) is 48.2 Å². The van der Waals surface area contributed by atoms with Crippen molar-refractivity contribution < 1.29 is 4.79 Å². The lowest BCUT2D eigenvalue weighted by atomic mass is 9.73. The van der Waals surface area contributed by atoms with Gasteiger partial charge in [0.15, 0.2) is 27.9 Å². The van der Waals surface area contributed by atoms with Crippen LogP contribution in [0.25, 0.3) is 0 Å². The number of halogens is 4. The molecule has 0 radical (unpaired) electrons. The summed E-state index contributed by atoms with van der Waals surface area (Å²) in [5, 5.41) is 18.5. The van der Waals surface area contributed by atoms with E-state index in [2.05, 4.69) is 20.5 Å². The van der Waals surface area contributed by atoms with E-state index in [-0.39, 0.29) is 5.78 Å². The Kier molecular flexibility index (Phi) is 4.93. The number of alkyl halides is 2. The van der Waals surface area contributed by atoms with E-state index in [0.29, 0.717) is 22.9 Å². The molecule has 2 heterocycles. The zero-order chi connectivity index (χ0) is 21.1. The van der Waals surface area contributed by atoms with Crippen LogP contribution in [0.5, 0.6) is 0 Å². The van der Waals surface area contributed by atoms with Crippen molar-refractivity contribution in [2.75, 3.05) is 0 Å². The standard InChI is InChI=1S/C21H16Cl4N4O/c22-13-5-1-11(2-6-13)15-17(24)26-28-20(15)9-10-21(19(20)30)16(18(25)27-29-21)12-3-7-14(23)8-4-12/h1-8,15-18H,9-10H2. The van der Waals surface area contributed by atoms with Gasteiger partial charge in [-0.2, -0.15) is 20.5 Å². The van der Waals surface area contributed by atoms with E-state index in [1.54, 1.807) is 24.3 Å². The molecule has 3 aliphatic rings. The van der Waals surface area contributed by atoms with Gasteiger partial charge in [0.1, 0.15) is 0 Å². The van der Waals surface area contributed by atoms with Gasteiger partial charge in [0.25, 0.3) is 0 Å². The quantitative estimate of drug-likeness (QED) is 0.345. The Labute approximate surface area is 193 Å². The Bertz CT molecular complexity index is 974. The largest absolute Gasteiger partial charge is 0.294 e. The minimum Gasteiger partial charge on any atom is -0.294 e. The predicted molar refractivity (Wildman–Crippen MR) is 117 cm³/mol. The summed E-state index contributed by atoms with van der Waals surface area (Å²) in [4.78, 5) is 14.1. The minimum absolute atomic E-state index is 0.131. The molecular weight excluding hydrogens is 466 g/mol. The number of hydrogen-bond donors (Lipinski definition) is 0. The van der Waals surface area contributed by atoms with Crippen LogP contribution in [0.2, 0.25) is 10.0 Å². The van der Waals surface area contributed by atoms with Gasteiger partial charge in [-0.15, -0.1) is 0 Å². The molecule has 0 aromatic heterocycles. The molecule has 0 N–H and O–H groups in total. The summed E-state index contributed by atoms with van der Waals surface area (Å²) in [6.07, 6.45) is 0.942. The van der Waals surface area contributed by atoms with Crippen LogP contribution in [0.1, 0.15) is 35.8 Å². The molecule has 5 nitrogen and oxygen atoms in total. The Balaban J connectivity index is 1.58. The summed E-state index contributed by atoms with van der Waals surface area (Å²) in [5.74, 6) is -0.939. The van der Waals surface area contributed by atoms with Gasteiger partial charge in [-0.3, -0.25) is 4.79 Å². The van der Waals surface area contributed by atoms with Crippen LogP contribution in [0.3, 0.4) is 0 Å². The Morgan fingerprint density at radius 1 is 0.700 bits per heavy atom.